The number of benzene rings is 2. The first-order valence-electron chi connectivity index (χ1n) is 10.5. The Morgan fingerprint density at radius 2 is 1.87 bits per heavy atom. The Kier molecular flexibility index (Phi) is 6.23. The molecule has 0 N–H and O–H groups in total. The summed E-state index contributed by atoms with van der Waals surface area (Å²) < 4.78 is 13.0. The lowest BCUT2D eigenvalue weighted by Crippen LogP contribution is -2.41. The van der Waals surface area contributed by atoms with Gasteiger partial charge in [-0.3, -0.25) is 4.79 Å². The zero-order chi connectivity index (χ0) is 22.0. The fraction of sp³-hybridized carbons (Fsp3) is 0.320. The smallest absolute Gasteiger partial charge is 0.254 e. The van der Waals surface area contributed by atoms with Gasteiger partial charge in [-0.1, -0.05) is 37.6 Å². The summed E-state index contributed by atoms with van der Waals surface area (Å²) in [4.78, 5) is 15.5. The standard InChI is InChI=1S/C25H27ClN2O3/c1-17(2)18(3)28(25(29)20-9-10-23-24(13-20)31-16-30-23)15-22-8-5-11-27(22)14-19-6-4-7-21(26)12-19/h4-13,17-18H,14-16H2,1-3H3. The van der Waals surface area contributed by atoms with Crippen molar-refractivity contribution in [1.82, 2.24) is 9.47 Å². The summed E-state index contributed by atoms with van der Waals surface area (Å²) in [5.41, 5.74) is 2.79. The van der Waals surface area contributed by atoms with Crippen molar-refractivity contribution >= 4 is 17.5 Å². The van der Waals surface area contributed by atoms with E-state index in [9.17, 15) is 4.79 Å². The van der Waals surface area contributed by atoms with E-state index < -0.39 is 0 Å². The first kappa shape index (κ1) is 21.3. The van der Waals surface area contributed by atoms with Crippen LogP contribution in [0.3, 0.4) is 0 Å². The van der Waals surface area contributed by atoms with Crippen molar-refractivity contribution in [2.45, 2.75) is 39.9 Å². The van der Waals surface area contributed by atoms with Crippen molar-refractivity contribution in [3.63, 3.8) is 0 Å². The Hall–Kier alpha value is -2.92. The fourth-order valence-electron chi connectivity index (χ4n) is 3.71. The monoisotopic (exact) mass is 438 g/mol. The molecule has 1 amide bonds. The Bertz CT molecular complexity index is 1080. The van der Waals surface area contributed by atoms with E-state index in [2.05, 4.69) is 37.5 Å². The molecule has 0 saturated carbocycles. The summed E-state index contributed by atoms with van der Waals surface area (Å²) in [7, 11) is 0. The van der Waals surface area contributed by atoms with Gasteiger partial charge >= 0.3 is 0 Å². The Labute approximate surface area is 188 Å². The lowest BCUT2D eigenvalue weighted by Gasteiger charge is -2.32. The number of carbonyl (C=O) groups is 1. The van der Waals surface area contributed by atoms with Crippen molar-refractivity contribution in [2.24, 2.45) is 5.92 Å². The third-order valence-corrected chi connectivity index (χ3v) is 6.07. The molecule has 2 heterocycles. The van der Waals surface area contributed by atoms with Gasteiger partial charge < -0.3 is 18.9 Å². The normalized spacial score (nSPS) is 13.5. The number of carbonyl (C=O) groups excluding carboxylic acids is 1. The number of hydrogen-bond acceptors (Lipinski definition) is 3. The number of rotatable bonds is 7. The molecule has 1 aliphatic heterocycles. The zero-order valence-corrected chi connectivity index (χ0v) is 18.8. The zero-order valence-electron chi connectivity index (χ0n) is 18.0. The molecule has 1 atom stereocenters. The second-order valence-electron chi connectivity index (χ2n) is 8.24. The van der Waals surface area contributed by atoms with Gasteiger partial charge in [-0.2, -0.15) is 0 Å². The third kappa shape index (κ3) is 4.72. The van der Waals surface area contributed by atoms with Gasteiger partial charge in [0.05, 0.1) is 6.54 Å². The van der Waals surface area contributed by atoms with Crippen LogP contribution in [0, 0.1) is 5.92 Å². The van der Waals surface area contributed by atoms with Gasteiger partial charge in [-0.15, -0.1) is 0 Å². The van der Waals surface area contributed by atoms with E-state index in [1.165, 1.54) is 0 Å². The van der Waals surface area contributed by atoms with Crippen LogP contribution in [0.2, 0.25) is 5.02 Å². The van der Waals surface area contributed by atoms with Crippen LogP contribution in [0.25, 0.3) is 0 Å². The molecule has 0 aliphatic carbocycles. The molecule has 1 unspecified atom stereocenters. The maximum atomic E-state index is 13.5. The molecule has 2 aromatic carbocycles. The van der Waals surface area contributed by atoms with Crippen LogP contribution < -0.4 is 9.47 Å². The van der Waals surface area contributed by atoms with Gasteiger partial charge in [0.2, 0.25) is 6.79 Å². The summed E-state index contributed by atoms with van der Waals surface area (Å²) >= 11 is 6.15. The van der Waals surface area contributed by atoms with Crippen molar-refractivity contribution in [3.8, 4) is 11.5 Å². The van der Waals surface area contributed by atoms with Crippen LogP contribution in [0.1, 0.15) is 42.4 Å². The number of aromatic nitrogens is 1. The predicted molar refractivity (Wildman–Crippen MR) is 122 cm³/mol. The number of ether oxygens (including phenoxy) is 2. The number of hydrogen-bond donors (Lipinski definition) is 0. The Morgan fingerprint density at radius 3 is 2.65 bits per heavy atom. The van der Waals surface area contributed by atoms with E-state index in [4.69, 9.17) is 21.1 Å². The first-order chi connectivity index (χ1) is 14.9. The molecule has 0 fully saturated rings. The summed E-state index contributed by atoms with van der Waals surface area (Å²) in [6.07, 6.45) is 2.04. The molecule has 0 saturated heterocycles. The summed E-state index contributed by atoms with van der Waals surface area (Å²) in [5, 5.41) is 0.722. The minimum absolute atomic E-state index is 0.0185. The number of fused-ring (bicyclic) bond motifs is 1. The van der Waals surface area contributed by atoms with Crippen LogP contribution in [-0.2, 0) is 13.1 Å². The molecule has 5 nitrogen and oxygen atoms in total. The van der Waals surface area contributed by atoms with Crippen molar-refractivity contribution in [3.05, 3.63) is 82.6 Å². The van der Waals surface area contributed by atoms with Gasteiger partial charge in [-0.05, 0) is 60.9 Å². The van der Waals surface area contributed by atoms with Crippen molar-refractivity contribution in [2.75, 3.05) is 6.79 Å². The predicted octanol–water partition coefficient (Wildman–Crippen LogP) is 5.61. The minimum Gasteiger partial charge on any atom is -0.454 e. The molecule has 0 spiro atoms. The third-order valence-electron chi connectivity index (χ3n) is 5.83. The SMILES string of the molecule is CC(C)C(C)N(Cc1cccn1Cc1cccc(Cl)c1)C(=O)c1ccc2c(c1)OCO2. The molecule has 0 radical (unpaired) electrons. The van der Waals surface area contributed by atoms with Crippen LogP contribution in [0.5, 0.6) is 11.5 Å². The fourth-order valence-corrected chi connectivity index (χ4v) is 3.92. The van der Waals surface area contributed by atoms with Gasteiger partial charge in [0.15, 0.2) is 11.5 Å². The lowest BCUT2D eigenvalue weighted by molar-refractivity contribution is 0.0622. The number of nitrogens with zero attached hydrogens (tertiary/aromatic N) is 2. The highest BCUT2D eigenvalue weighted by Gasteiger charge is 2.26. The highest BCUT2D eigenvalue weighted by molar-refractivity contribution is 6.30. The van der Waals surface area contributed by atoms with E-state index in [-0.39, 0.29) is 18.7 Å². The van der Waals surface area contributed by atoms with Gasteiger partial charge in [0, 0.05) is 35.1 Å². The van der Waals surface area contributed by atoms with Gasteiger partial charge in [0.1, 0.15) is 0 Å². The largest absolute Gasteiger partial charge is 0.454 e. The number of halogens is 1. The molecule has 1 aromatic heterocycles. The molecule has 162 valence electrons. The van der Waals surface area contributed by atoms with Gasteiger partial charge in [0.25, 0.3) is 5.91 Å². The second kappa shape index (κ2) is 9.06. The van der Waals surface area contributed by atoms with Crippen LogP contribution in [0.15, 0.2) is 60.8 Å². The molecular formula is C25H27ClN2O3. The molecule has 0 bridgehead atoms. The summed E-state index contributed by atoms with van der Waals surface area (Å²) in [6.45, 7) is 7.77. The Morgan fingerprint density at radius 1 is 1.06 bits per heavy atom. The van der Waals surface area contributed by atoms with Crippen molar-refractivity contribution < 1.29 is 14.3 Å². The first-order valence-corrected chi connectivity index (χ1v) is 10.9. The van der Waals surface area contributed by atoms with E-state index in [0.717, 1.165) is 16.3 Å². The molecule has 3 aromatic rings. The highest BCUT2D eigenvalue weighted by Crippen LogP contribution is 2.33. The average molecular weight is 439 g/mol. The summed E-state index contributed by atoms with van der Waals surface area (Å²) in [5.74, 6) is 1.59. The Balaban J connectivity index is 1.59. The maximum absolute atomic E-state index is 13.5. The van der Waals surface area contributed by atoms with Gasteiger partial charge in [-0.25, -0.2) is 0 Å². The maximum Gasteiger partial charge on any atom is 0.254 e. The van der Waals surface area contributed by atoms with E-state index in [1.54, 1.807) is 18.2 Å². The lowest BCUT2D eigenvalue weighted by atomic mass is 10.0. The molecular weight excluding hydrogens is 412 g/mol. The topological polar surface area (TPSA) is 43.7 Å². The molecule has 31 heavy (non-hydrogen) atoms. The van der Waals surface area contributed by atoms with Crippen LogP contribution >= 0.6 is 11.6 Å². The van der Waals surface area contributed by atoms with Crippen LogP contribution in [-0.4, -0.2) is 28.2 Å². The van der Waals surface area contributed by atoms with E-state index in [1.807, 2.05) is 35.4 Å². The quantitative estimate of drug-likeness (QED) is 0.482. The summed E-state index contributed by atoms with van der Waals surface area (Å²) in [6, 6.07) is 17.4. The molecule has 1 aliphatic rings. The van der Waals surface area contributed by atoms with E-state index >= 15 is 0 Å². The van der Waals surface area contributed by atoms with Crippen LogP contribution in [0.4, 0.5) is 0 Å². The molecule has 6 heteroatoms. The average Bonchev–Trinajstić information content (AvgIpc) is 3.39. The molecule has 4 rings (SSSR count). The highest BCUT2D eigenvalue weighted by atomic mass is 35.5. The van der Waals surface area contributed by atoms with Crippen molar-refractivity contribution in [1.29, 1.82) is 0 Å². The number of amides is 1. The van der Waals surface area contributed by atoms with E-state index in [0.29, 0.717) is 36.1 Å². The second-order valence-corrected chi connectivity index (χ2v) is 8.68. The minimum atomic E-state index is -0.0185.